The minimum Gasteiger partial charge on any atom is -0.398 e. The topological polar surface area (TPSA) is 47.3 Å². The van der Waals surface area contributed by atoms with Gasteiger partial charge in [0.1, 0.15) is 0 Å². The normalized spacial score (nSPS) is 10.4. The second-order valence-electron chi connectivity index (χ2n) is 3.03. The average Bonchev–Trinajstić information content (AvgIpc) is 2.18. The second-order valence-corrected chi connectivity index (χ2v) is 3.88. The van der Waals surface area contributed by atoms with Crippen molar-refractivity contribution in [3.05, 3.63) is 28.2 Å². The third kappa shape index (κ3) is 3.65. The van der Waals surface area contributed by atoms with E-state index in [0.29, 0.717) is 0 Å². The molecule has 0 bridgehead atoms. The maximum Gasteiger partial charge on any atom is 0.0587 e. The molecule has 3 nitrogen and oxygen atoms in total. The van der Waals surface area contributed by atoms with Gasteiger partial charge in [0.25, 0.3) is 0 Å². The molecule has 0 amide bonds. The number of benzene rings is 1. The van der Waals surface area contributed by atoms with Crippen molar-refractivity contribution in [2.75, 3.05) is 26.0 Å². The van der Waals surface area contributed by atoms with Gasteiger partial charge in [-0.3, -0.25) is 0 Å². The van der Waals surface area contributed by atoms with Crippen LogP contribution < -0.4 is 11.1 Å². The predicted molar refractivity (Wildman–Crippen MR) is 62.1 cm³/mol. The fraction of sp³-hybridized carbons (Fsp3) is 0.400. The summed E-state index contributed by atoms with van der Waals surface area (Å²) in [6, 6.07) is 5.94. The van der Waals surface area contributed by atoms with Gasteiger partial charge in [-0.2, -0.15) is 0 Å². The Kier molecular flexibility index (Phi) is 4.93. The van der Waals surface area contributed by atoms with E-state index < -0.39 is 0 Å². The Hall–Kier alpha value is -0.580. The first-order chi connectivity index (χ1) is 6.74. The lowest BCUT2D eigenvalue weighted by atomic mass is 10.2. The molecule has 0 saturated heterocycles. The van der Waals surface area contributed by atoms with Crippen LogP contribution in [0, 0.1) is 0 Å². The third-order valence-corrected chi connectivity index (χ3v) is 2.56. The number of halogens is 1. The molecule has 0 radical (unpaired) electrons. The molecule has 0 saturated carbocycles. The number of anilines is 1. The lowest BCUT2D eigenvalue weighted by molar-refractivity contribution is 0.199. The summed E-state index contributed by atoms with van der Waals surface area (Å²) in [7, 11) is 1.70. The molecule has 0 aliphatic rings. The summed E-state index contributed by atoms with van der Waals surface area (Å²) in [5, 5.41) is 3.26. The number of hydrogen-bond acceptors (Lipinski definition) is 3. The summed E-state index contributed by atoms with van der Waals surface area (Å²) in [4.78, 5) is 0. The van der Waals surface area contributed by atoms with Crippen molar-refractivity contribution in [2.45, 2.75) is 6.54 Å². The Morgan fingerprint density at radius 1 is 1.50 bits per heavy atom. The molecule has 0 aromatic heterocycles. The third-order valence-electron chi connectivity index (χ3n) is 1.88. The first-order valence-electron chi connectivity index (χ1n) is 4.47. The highest BCUT2D eigenvalue weighted by molar-refractivity contribution is 9.10. The monoisotopic (exact) mass is 258 g/mol. The molecule has 0 heterocycles. The van der Waals surface area contributed by atoms with Crippen LogP contribution in [0.4, 0.5) is 5.69 Å². The maximum absolute atomic E-state index is 5.68. The Morgan fingerprint density at radius 3 is 2.93 bits per heavy atom. The van der Waals surface area contributed by atoms with Crippen LogP contribution in [0.1, 0.15) is 5.56 Å². The zero-order valence-electron chi connectivity index (χ0n) is 8.22. The van der Waals surface area contributed by atoms with E-state index in [2.05, 4.69) is 21.2 Å². The number of ether oxygens (including phenoxy) is 1. The number of hydrogen-bond donors (Lipinski definition) is 2. The molecule has 0 atom stereocenters. The first-order valence-corrected chi connectivity index (χ1v) is 5.27. The van der Waals surface area contributed by atoms with Crippen LogP contribution in [0.3, 0.4) is 0 Å². The average molecular weight is 259 g/mol. The minimum atomic E-state index is 0.732. The van der Waals surface area contributed by atoms with E-state index >= 15 is 0 Å². The molecule has 78 valence electrons. The Bertz CT molecular complexity index is 291. The number of rotatable bonds is 5. The highest BCUT2D eigenvalue weighted by Gasteiger charge is 1.97. The van der Waals surface area contributed by atoms with Gasteiger partial charge >= 0.3 is 0 Å². The van der Waals surface area contributed by atoms with Gasteiger partial charge in [-0.1, -0.05) is 6.07 Å². The van der Waals surface area contributed by atoms with Gasteiger partial charge in [0.05, 0.1) is 6.61 Å². The largest absolute Gasteiger partial charge is 0.398 e. The summed E-state index contributed by atoms with van der Waals surface area (Å²) in [6.45, 7) is 2.43. The van der Waals surface area contributed by atoms with Crippen LogP contribution in [0.25, 0.3) is 0 Å². The summed E-state index contributed by atoms with van der Waals surface area (Å²) in [5.41, 5.74) is 7.66. The van der Waals surface area contributed by atoms with Gasteiger partial charge < -0.3 is 15.8 Å². The smallest absolute Gasteiger partial charge is 0.0587 e. The predicted octanol–water partition coefficient (Wildman–Crippen LogP) is 1.77. The van der Waals surface area contributed by atoms with Crippen molar-refractivity contribution in [3.63, 3.8) is 0 Å². The molecule has 4 heteroatoms. The van der Waals surface area contributed by atoms with E-state index in [1.807, 2.05) is 18.2 Å². The first kappa shape index (κ1) is 11.5. The van der Waals surface area contributed by atoms with Crippen LogP contribution in [0.2, 0.25) is 0 Å². The molecule has 0 unspecified atom stereocenters. The van der Waals surface area contributed by atoms with Crippen molar-refractivity contribution < 1.29 is 4.74 Å². The van der Waals surface area contributed by atoms with Crippen LogP contribution in [0.15, 0.2) is 22.7 Å². The number of nitrogens with two attached hydrogens (primary N) is 1. The van der Waals surface area contributed by atoms with Crippen molar-refractivity contribution in [1.29, 1.82) is 0 Å². The van der Waals surface area contributed by atoms with Gasteiger partial charge in [-0.15, -0.1) is 0 Å². The molecular formula is C10H15BrN2O. The van der Waals surface area contributed by atoms with E-state index in [-0.39, 0.29) is 0 Å². The molecule has 1 aromatic carbocycles. The maximum atomic E-state index is 5.68. The summed E-state index contributed by atoms with van der Waals surface area (Å²) in [6.07, 6.45) is 0. The van der Waals surface area contributed by atoms with E-state index in [4.69, 9.17) is 10.5 Å². The van der Waals surface area contributed by atoms with Crippen molar-refractivity contribution >= 4 is 21.6 Å². The molecule has 0 spiro atoms. The highest BCUT2D eigenvalue weighted by atomic mass is 79.9. The minimum absolute atomic E-state index is 0.732. The SMILES string of the molecule is COCCNCc1ccc(N)c(Br)c1. The molecule has 3 N–H and O–H groups in total. The fourth-order valence-electron chi connectivity index (χ4n) is 1.09. The van der Waals surface area contributed by atoms with E-state index in [9.17, 15) is 0 Å². The number of nitrogen functional groups attached to an aromatic ring is 1. The fourth-order valence-corrected chi connectivity index (χ4v) is 1.51. The molecule has 0 aliphatic heterocycles. The second kappa shape index (κ2) is 6.01. The Labute approximate surface area is 92.8 Å². The van der Waals surface area contributed by atoms with Gasteiger partial charge in [0.2, 0.25) is 0 Å². The van der Waals surface area contributed by atoms with Crippen molar-refractivity contribution in [2.24, 2.45) is 0 Å². The zero-order valence-corrected chi connectivity index (χ0v) is 9.80. The summed E-state index contributed by atoms with van der Waals surface area (Å²) >= 11 is 3.39. The summed E-state index contributed by atoms with van der Waals surface area (Å²) < 4.78 is 5.88. The van der Waals surface area contributed by atoms with Crippen LogP contribution >= 0.6 is 15.9 Å². The molecule has 0 fully saturated rings. The van der Waals surface area contributed by atoms with Crippen molar-refractivity contribution in [3.8, 4) is 0 Å². The number of nitrogens with one attached hydrogen (secondary N) is 1. The molecule has 0 aliphatic carbocycles. The lowest BCUT2D eigenvalue weighted by Crippen LogP contribution is -2.18. The molecule has 1 rings (SSSR count). The summed E-state index contributed by atoms with van der Waals surface area (Å²) in [5.74, 6) is 0. The van der Waals surface area contributed by atoms with Crippen LogP contribution in [-0.4, -0.2) is 20.3 Å². The van der Waals surface area contributed by atoms with Gasteiger partial charge in [0.15, 0.2) is 0 Å². The quantitative estimate of drug-likeness (QED) is 0.625. The standard InChI is InChI=1S/C10H15BrN2O/c1-14-5-4-13-7-8-2-3-10(12)9(11)6-8/h2-3,6,13H,4-5,7,12H2,1H3. The van der Waals surface area contributed by atoms with Gasteiger partial charge in [-0.05, 0) is 33.6 Å². The Balaban J connectivity index is 2.39. The van der Waals surface area contributed by atoms with Gasteiger partial charge in [-0.25, -0.2) is 0 Å². The van der Waals surface area contributed by atoms with E-state index in [1.54, 1.807) is 7.11 Å². The molecule has 1 aromatic rings. The highest BCUT2D eigenvalue weighted by Crippen LogP contribution is 2.20. The number of methoxy groups -OCH3 is 1. The molecular weight excluding hydrogens is 244 g/mol. The van der Waals surface area contributed by atoms with E-state index in [0.717, 1.165) is 29.9 Å². The molecule has 14 heavy (non-hydrogen) atoms. The van der Waals surface area contributed by atoms with E-state index in [1.165, 1.54) is 5.56 Å². The van der Waals surface area contributed by atoms with Crippen molar-refractivity contribution in [1.82, 2.24) is 5.32 Å². The van der Waals surface area contributed by atoms with Gasteiger partial charge in [0, 0.05) is 30.4 Å². The van der Waals surface area contributed by atoms with Crippen LogP contribution in [0.5, 0.6) is 0 Å². The zero-order chi connectivity index (χ0) is 10.4. The van der Waals surface area contributed by atoms with Crippen LogP contribution in [-0.2, 0) is 11.3 Å². The Morgan fingerprint density at radius 2 is 2.29 bits per heavy atom. The lowest BCUT2D eigenvalue weighted by Gasteiger charge is -2.05.